The van der Waals surface area contributed by atoms with Crippen LogP contribution in [0.4, 0.5) is 0 Å². The van der Waals surface area contributed by atoms with Crippen LogP contribution in [-0.4, -0.2) is 20.5 Å². The third kappa shape index (κ3) is 2.48. The Labute approximate surface area is 157 Å². The van der Waals surface area contributed by atoms with Crippen LogP contribution in [0.1, 0.15) is 47.6 Å². The molecule has 3 aromatic rings. The molecular formula is C21H19ClN4. The first kappa shape index (κ1) is 15.8. The molecule has 0 radical (unpaired) electrons. The van der Waals surface area contributed by atoms with Crippen LogP contribution >= 0.6 is 11.6 Å². The maximum Gasteiger partial charge on any atom is 0.159 e. The van der Waals surface area contributed by atoms with E-state index in [9.17, 15) is 0 Å². The van der Waals surface area contributed by atoms with Crippen LogP contribution in [0.3, 0.4) is 0 Å². The number of fused-ring (bicyclic) bond motifs is 3. The molecule has 130 valence electrons. The number of nitrogens with zero attached hydrogens (tertiary/aromatic N) is 4. The Morgan fingerprint density at radius 2 is 1.85 bits per heavy atom. The van der Waals surface area contributed by atoms with E-state index < -0.39 is 0 Å². The topological polar surface area (TPSA) is 43.1 Å². The highest BCUT2D eigenvalue weighted by molar-refractivity contribution is 6.30. The third-order valence-electron chi connectivity index (χ3n) is 5.44. The Morgan fingerprint density at radius 3 is 2.58 bits per heavy atom. The average Bonchev–Trinajstić information content (AvgIpc) is 3.30. The van der Waals surface area contributed by atoms with E-state index >= 15 is 0 Å². The van der Waals surface area contributed by atoms with Crippen molar-refractivity contribution in [2.45, 2.75) is 32.7 Å². The predicted octanol–water partition coefficient (Wildman–Crippen LogP) is 4.70. The molecule has 2 aliphatic rings. The lowest BCUT2D eigenvalue weighted by Crippen LogP contribution is -2.09. The van der Waals surface area contributed by atoms with Crippen molar-refractivity contribution < 1.29 is 0 Å². The fourth-order valence-corrected chi connectivity index (χ4v) is 3.99. The minimum atomic E-state index is 0.517. The summed E-state index contributed by atoms with van der Waals surface area (Å²) in [5.74, 6) is 3.19. The molecule has 2 unspecified atom stereocenters. The molecule has 0 amide bonds. The van der Waals surface area contributed by atoms with E-state index in [0.29, 0.717) is 12.5 Å². The Hall–Kier alpha value is -2.46. The van der Waals surface area contributed by atoms with E-state index in [1.54, 1.807) is 0 Å². The largest absolute Gasteiger partial charge is 0.281 e. The van der Waals surface area contributed by atoms with Gasteiger partial charge in [0.15, 0.2) is 5.82 Å². The van der Waals surface area contributed by atoms with Crippen LogP contribution in [-0.2, 0) is 6.54 Å². The molecule has 2 heterocycles. The second kappa shape index (κ2) is 5.78. The zero-order valence-corrected chi connectivity index (χ0v) is 15.5. The number of aryl methyl sites for hydroxylation is 1. The van der Waals surface area contributed by atoms with Crippen molar-refractivity contribution in [3.8, 4) is 5.69 Å². The van der Waals surface area contributed by atoms with Gasteiger partial charge in [-0.3, -0.25) is 9.56 Å². The maximum absolute atomic E-state index is 6.09. The Kier molecular flexibility index (Phi) is 3.50. The Bertz CT molecular complexity index is 1030. The molecule has 1 saturated carbocycles. The van der Waals surface area contributed by atoms with E-state index in [4.69, 9.17) is 16.6 Å². The van der Waals surface area contributed by atoms with Gasteiger partial charge >= 0.3 is 0 Å². The number of hydrogen-bond donors (Lipinski definition) is 0. The molecular weight excluding hydrogens is 344 g/mol. The number of hydrogen-bond acceptors (Lipinski definition) is 3. The summed E-state index contributed by atoms with van der Waals surface area (Å²) in [4.78, 5) is 4.91. The molecule has 26 heavy (non-hydrogen) atoms. The minimum absolute atomic E-state index is 0.517. The quantitative estimate of drug-likeness (QED) is 0.663. The lowest BCUT2D eigenvalue weighted by molar-refractivity contribution is 0.860. The third-order valence-corrected chi connectivity index (χ3v) is 5.69. The summed E-state index contributed by atoms with van der Waals surface area (Å²) < 4.78 is 2.13. The smallest absolute Gasteiger partial charge is 0.159 e. The van der Waals surface area contributed by atoms with Crippen LogP contribution in [0.2, 0.25) is 5.02 Å². The van der Waals surface area contributed by atoms with Crippen molar-refractivity contribution in [3.63, 3.8) is 0 Å². The molecule has 0 bridgehead atoms. The summed E-state index contributed by atoms with van der Waals surface area (Å²) in [6.45, 7) is 4.82. The summed E-state index contributed by atoms with van der Waals surface area (Å²) in [7, 11) is 0. The van der Waals surface area contributed by atoms with Gasteiger partial charge in [-0.15, -0.1) is 10.2 Å². The predicted molar refractivity (Wildman–Crippen MR) is 103 cm³/mol. The zero-order valence-electron chi connectivity index (χ0n) is 14.8. The molecule has 5 rings (SSSR count). The van der Waals surface area contributed by atoms with Gasteiger partial charge < -0.3 is 0 Å². The highest BCUT2D eigenvalue weighted by Crippen LogP contribution is 2.47. The van der Waals surface area contributed by atoms with Crippen molar-refractivity contribution in [3.05, 3.63) is 75.8 Å². The molecule has 0 spiro atoms. The SMILES string of the molecule is Cc1nnc2n1-c1ccc(C3CC3C)cc1C(c1ccc(Cl)cc1)=NC2. The Balaban J connectivity index is 1.73. The molecule has 2 aromatic carbocycles. The van der Waals surface area contributed by atoms with Crippen molar-refractivity contribution in [1.29, 1.82) is 0 Å². The standard InChI is InChI=1S/C21H19ClN4/c1-12-9-17(12)15-5-8-19-18(10-15)21(14-3-6-16(22)7-4-14)23-11-20-25-24-13(2)26(19)20/h3-8,10,12,17H,9,11H2,1-2H3. The number of benzene rings is 2. The summed E-state index contributed by atoms with van der Waals surface area (Å²) in [5, 5.41) is 9.31. The maximum atomic E-state index is 6.09. The highest BCUT2D eigenvalue weighted by atomic mass is 35.5. The normalized spacial score (nSPS) is 20.8. The summed E-state index contributed by atoms with van der Waals surface area (Å²) >= 11 is 6.09. The van der Waals surface area contributed by atoms with Gasteiger partial charge in [0, 0.05) is 16.1 Å². The molecule has 0 saturated heterocycles. The van der Waals surface area contributed by atoms with E-state index in [1.165, 1.54) is 12.0 Å². The zero-order chi connectivity index (χ0) is 17.8. The molecule has 1 aliphatic carbocycles. The molecule has 1 aromatic heterocycles. The van der Waals surface area contributed by atoms with Gasteiger partial charge in [0.1, 0.15) is 12.4 Å². The monoisotopic (exact) mass is 362 g/mol. The fraction of sp³-hybridized carbons (Fsp3) is 0.286. The summed E-state index contributed by atoms with van der Waals surface area (Å²) in [5.41, 5.74) is 5.72. The van der Waals surface area contributed by atoms with Gasteiger partial charge in [-0.1, -0.05) is 36.7 Å². The van der Waals surface area contributed by atoms with Crippen LogP contribution in [0.15, 0.2) is 47.5 Å². The lowest BCUT2D eigenvalue weighted by Gasteiger charge is -2.14. The van der Waals surface area contributed by atoms with Gasteiger partial charge in [-0.05, 0) is 55.0 Å². The van der Waals surface area contributed by atoms with E-state index in [0.717, 1.165) is 45.1 Å². The molecule has 1 aliphatic heterocycles. The van der Waals surface area contributed by atoms with E-state index in [2.05, 4.69) is 39.9 Å². The van der Waals surface area contributed by atoms with Crippen molar-refractivity contribution in [1.82, 2.24) is 14.8 Å². The first-order chi connectivity index (χ1) is 12.6. The van der Waals surface area contributed by atoms with Crippen LogP contribution in [0.5, 0.6) is 0 Å². The lowest BCUT2D eigenvalue weighted by atomic mass is 9.96. The van der Waals surface area contributed by atoms with Crippen molar-refractivity contribution in [2.24, 2.45) is 10.9 Å². The second-order valence-electron chi connectivity index (χ2n) is 7.27. The first-order valence-electron chi connectivity index (χ1n) is 8.98. The van der Waals surface area contributed by atoms with Crippen molar-refractivity contribution >= 4 is 17.3 Å². The van der Waals surface area contributed by atoms with Gasteiger partial charge in [-0.25, -0.2) is 0 Å². The minimum Gasteiger partial charge on any atom is -0.281 e. The van der Waals surface area contributed by atoms with E-state index in [1.807, 2.05) is 31.2 Å². The van der Waals surface area contributed by atoms with Gasteiger partial charge in [0.2, 0.25) is 0 Å². The van der Waals surface area contributed by atoms with E-state index in [-0.39, 0.29) is 0 Å². The van der Waals surface area contributed by atoms with Crippen LogP contribution in [0, 0.1) is 12.8 Å². The average molecular weight is 363 g/mol. The first-order valence-corrected chi connectivity index (χ1v) is 9.35. The number of rotatable bonds is 2. The Morgan fingerprint density at radius 1 is 1.08 bits per heavy atom. The second-order valence-corrected chi connectivity index (χ2v) is 7.70. The molecule has 2 atom stereocenters. The summed E-state index contributed by atoms with van der Waals surface area (Å²) in [6, 6.07) is 14.7. The van der Waals surface area contributed by atoms with Crippen molar-refractivity contribution in [2.75, 3.05) is 0 Å². The highest BCUT2D eigenvalue weighted by Gasteiger charge is 2.35. The molecule has 5 heteroatoms. The van der Waals surface area contributed by atoms with Gasteiger partial charge in [-0.2, -0.15) is 0 Å². The molecule has 0 N–H and O–H groups in total. The fourth-order valence-electron chi connectivity index (χ4n) is 3.87. The van der Waals surface area contributed by atoms with Crippen LogP contribution in [0.25, 0.3) is 5.69 Å². The van der Waals surface area contributed by atoms with Gasteiger partial charge in [0.25, 0.3) is 0 Å². The molecule has 4 nitrogen and oxygen atoms in total. The van der Waals surface area contributed by atoms with Gasteiger partial charge in [0.05, 0.1) is 11.4 Å². The number of halogens is 1. The number of aliphatic imine (C=N–C) groups is 1. The molecule has 1 fully saturated rings. The van der Waals surface area contributed by atoms with Crippen LogP contribution < -0.4 is 0 Å². The number of aromatic nitrogens is 3. The summed E-state index contributed by atoms with van der Waals surface area (Å²) in [6.07, 6.45) is 1.27.